The SMILES string of the molecule is C=N/C=C(/F)C(=NCC)NC1CCN(CC=O)C1. The molecule has 0 aromatic heterocycles. The van der Waals surface area contributed by atoms with Gasteiger partial charge in [0.25, 0.3) is 0 Å². The number of nitrogens with zero attached hydrogens (tertiary/aromatic N) is 3. The number of aldehydes is 1. The van der Waals surface area contributed by atoms with Crippen LogP contribution in [0.4, 0.5) is 4.39 Å². The molecule has 1 aliphatic rings. The molecule has 18 heavy (non-hydrogen) atoms. The van der Waals surface area contributed by atoms with Crippen LogP contribution < -0.4 is 5.32 Å². The van der Waals surface area contributed by atoms with E-state index in [-0.39, 0.29) is 11.9 Å². The topological polar surface area (TPSA) is 57.1 Å². The number of rotatable bonds is 6. The van der Waals surface area contributed by atoms with Gasteiger partial charge in [0, 0.05) is 25.7 Å². The lowest BCUT2D eigenvalue weighted by Gasteiger charge is -2.15. The average molecular weight is 254 g/mol. The highest BCUT2D eigenvalue weighted by Crippen LogP contribution is 2.10. The lowest BCUT2D eigenvalue weighted by Crippen LogP contribution is -2.37. The Labute approximate surface area is 106 Å². The van der Waals surface area contributed by atoms with Gasteiger partial charge in [-0.1, -0.05) is 0 Å². The zero-order chi connectivity index (χ0) is 13.4. The van der Waals surface area contributed by atoms with Gasteiger partial charge in [0.1, 0.15) is 6.29 Å². The summed E-state index contributed by atoms with van der Waals surface area (Å²) in [5.74, 6) is -0.302. The third-order valence-electron chi connectivity index (χ3n) is 2.69. The molecule has 1 N–H and O–H groups in total. The van der Waals surface area contributed by atoms with Crippen LogP contribution in [0.15, 0.2) is 22.0 Å². The Morgan fingerprint density at radius 3 is 3.06 bits per heavy atom. The molecule has 0 spiro atoms. The minimum absolute atomic E-state index is 0.110. The van der Waals surface area contributed by atoms with Crippen molar-refractivity contribution in [2.45, 2.75) is 19.4 Å². The molecule has 0 radical (unpaired) electrons. The molecule has 5 nitrogen and oxygen atoms in total. The zero-order valence-corrected chi connectivity index (χ0v) is 10.6. The third-order valence-corrected chi connectivity index (χ3v) is 2.69. The molecule has 0 saturated carbocycles. The first-order valence-corrected chi connectivity index (χ1v) is 6.00. The number of halogens is 1. The molecule has 6 heteroatoms. The van der Waals surface area contributed by atoms with Gasteiger partial charge in [0.2, 0.25) is 0 Å². The third kappa shape index (κ3) is 4.37. The second kappa shape index (κ2) is 7.71. The smallest absolute Gasteiger partial charge is 0.183 e. The normalized spacial score (nSPS) is 22.0. The van der Waals surface area contributed by atoms with E-state index < -0.39 is 5.83 Å². The molecule has 0 bridgehead atoms. The maximum Gasteiger partial charge on any atom is 0.183 e. The van der Waals surface area contributed by atoms with Gasteiger partial charge in [-0.2, -0.15) is 0 Å². The van der Waals surface area contributed by atoms with Gasteiger partial charge in [-0.05, 0) is 20.1 Å². The summed E-state index contributed by atoms with van der Waals surface area (Å²) in [4.78, 5) is 19.9. The zero-order valence-electron chi connectivity index (χ0n) is 10.6. The Bertz CT molecular complexity index is 354. The molecular weight excluding hydrogens is 235 g/mol. The maximum absolute atomic E-state index is 13.6. The van der Waals surface area contributed by atoms with Crippen LogP contribution in [0.3, 0.4) is 0 Å². The number of hydrogen-bond donors (Lipinski definition) is 1. The van der Waals surface area contributed by atoms with E-state index in [0.29, 0.717) is 13.1 Å². The molecule has 0 aliphatic carbocycles. The highest BCUT2D eigenvalue weighted by molar-refractivity contribution is 5.96. The summed E-state index contributed by atoms with van der Waals surface area (Å²) in [7, 11) is 0. The van der Waals surface area contributed by atoms with Crippen LogP contribution in [0.25, 0.3) is 0 Å². The van der Waals surface area contributed by atoms with Crippen molar-refractivity contribution in [2.24, 2.45) is 9.98 Å². The minimum Gasteiger partial charge on any atom is -0.364 e. The molecule has 100 valence electrons. The quantitative estimate of drug-likeness (QED) is 0.433. The highest BCUT2D eigenvalue weighted by Gasteiger charge is 2.23. The molecule has 1 unspecified atom stereocenters. The second-order valence-corrected chi connectivity index (χ2v) is 4.04. The summed E-state index contributed by atoms with van der Waals surface area (Å²) in [6.07, 6.45) is 2.79. The van der Waals surface area contributed by atoms with Crippen molar-refractivity contribution in [3.8, 4) is 0 Å². The lowest BCUT2D eigenvalue weighted by molar-refractivity contribution is -0.108. The van der Waals surface area contributed by atoms with Crippen molar-refractivity contribution in [1.82, 2.24) is 10.2 Å². The van der Waals surface area contributed by atoms with Crippen LogP contribution >= 0.6 is 0 Å². The number of carbonyl (C=O) groups is 1. The number of likely N-dealkylation sites (tertiary alicyclic amines) is 1. The van der Waals surface area contributed by atoms with Gasteiger partial charge >= 0.3 is 0 Å². The fourth-order valence-corrected chi connectivity index (χ4v) is 1.90. The van der Waals surface area contributed by atoms with E-state index in [1.165, 1.54) is 0 Å². The van der Waals surface area contributed by atoms with Crippen LogP contribution in [0.1, 0.15) is 13.3 Å². The second-order valence-electron chi connectivity index (χ2n) is 4.04. The van der Waals surface area contributed by atoms with Gasteiger partial charge in [0.15, 0.2) is 11.7 Å². The first kappa shape index (κ1) is 14.5. The van der Waals surface area contributed by atoms with Crippen LogP contribution in [0, 0.1) is 0 Å². The first-order chi connectivity index (χ1) is 8.71. The van der Waals surface area contributed by atoms with Gasteiger partial charge < -0.3 is 10.1 Å². The number of aliphatic imine (C=N–C) groups is 2. The Kier molecular flexibility index (Phi) is 6.21. The summed E-state index contributed by atoms with van der Waals surface area (Å²) < 4.78 is 13.6. The first-order valence-electron chi connectivity index (χ1n) is 6.00. The van der Waals surface area contributed by atoms with Crippen molar-refractivity contribution >= 4 is 18.8 Å². The van der Waals surface area contributed by atoms with Crippen molar-refractivity contribution in [3.63, 3.8) is 0 Å². The molecule has 0 aromatic rings. The lowest BCUT2D eigenvalue weighted by atomic mass is 10.2. The van der Waals surface area contributed by atoms with Crippen molar-refractivity contribution in [3.05, 3.63) is 12.0 Å². The molecule has 1 rings (SSSR count). The Balaban J connectivity index is 2.58. The summed E-state index contributed by atoms with van der Waals surface area (Å²) in [5.41, 5.74) is 0. The number of hydrogen-bond acceptors (Lipinski definition) is 4. The van der Waals surface area contributed by atoms with Crippen molar-refractivity contribution in [1.29, 1.82) is 0 Å². The van der Waals surface area contributed by atoms with E-state index in [9.17, 15) is 9.18 Å². The minimum atomic E-state index is -0.513. The van der Waals surface area contributed by atoms with E-state index in [0.717, 1.165) is 32.0 Å². The maximum atomic E-state index is 13.6. The van der Waals surface area contributed by atoms with Gasteiger partial charge in [-0.25, -0.2) is 4.39 Å². The van der Waals surface area contributed by atoms with E-state index >= 15 is 0 Å². The van der Waals surface area contributed by atoms with E-state index in [4.69, 9.17) is 0 Å². The number of amidine groups is 1. The summed E-state index contributed by atoms with van der Waals surface area (Å²) in [6.45, 7) is 7.52. The van der Waals surface area contributed by atoms with Gasteiger partial charge in [-0.15, -0.1) is 0 Å². The fourth-order valence-electron chi connectivity index (χ4n) is 1.90. The Hall–Kier alpha value is -1.56. The monoisotopic (exact) mass is 254 g/mol. The highest BCUT2D eigenvalue weighted by atomic mass is 19.1. The molecule has 0 aromatic carbocycles. The predicted molar refractivity (Wildman–Crippen MR) is 70.8 cm³/mol. The van der Waals surface area contributed by atoms with Crippen molar-refractivity contribution in [2.75, 3.05) is 26.2 Å². The number of nitrogens with one attached hydrogen (secondary N) is 1. The van der Waals surface area contributed by atoms with Crippen LogP contribution in [0.5, 0.6) is 0 Å². The number of carbonyl (C=O) groups excluding carboxylic acids is 1. The van der Waals surface area contributed by atoms with Crippen LogP contribution in [-0.4, -0.2) is 56.0 Å². The Morgan fingerprint density at radius 2 is 2.44 bits per heavy atom. The van der Waals surface area contributed by atoms with Gasteiger partial charge in [-0.3, -0.25) is 14.9 Å². The Morgan fingerprint density at radius 1 is 1.67 bits per heavy atom. The molecule has 1 aliphatic heterocycles. The molecule has 1 fully saturated rings. The summed E-state index contributed by atoms with van der Waals surface area (Å²) in [5, 5.41) is 3.05. The largest absolute Gasteiger partial charge is 0.364 e. The predicted octanol–water partition coefficient (Wildman–Crippen LogP) is 0.779. The molecule has 1 heterocycles. The van der Waals surface area contributed by atoms with Crippen LogP contribution in [-0.2, 0) is 4.79 Å². The van der Waals surface area contributed by atoms with Crippen LogP contribution in [0.2, 0.25) is 0 Å². The van der Waals surface area contributed by atoms with Crippen molar-refractivity contribution < 1.29 is 9.18 Å². The molecule has 1 atom stereocenters. The molecular formula is C12H19FN4O. The van der Waals surface area contributed by atoms with E-state index in [2.05, 4.69) is 22.0 Å². The van der Waals surface area contributed by atoms with Gasteiger partial charge in [0.05, 0.1) is 12.7 Å². The fraction of sp³-hybridized carbons (Fsp3) is 0.583. The standard InChI is InChI=1S/C12H19FN4O/c1-3-15-12(11(13)8-14-2)16-10-4-5-17(9-10)6-7-18/h7-8,10H,2-6,9H2,1H3,(H,15,16)/b11-8+. The summed E-state index contributed by atoms with van der Waals surface area (Å²) >= 11 is 0. The van der Waals surface area contributed by atoms with E-state index in [1.807, 2.05) is 11.8 Å². The summed E-state index contributed by atoms with van der Waals surface area (Å²) in [6, 6.07) is 0.110. The molecule has 1 saturated heterocycles. The molecule has 0 amide bonds. The average Bonchev–Trinajstić information content (AvgIpc) is 2.77. The van der Waals surface area contributed by atoms with E-state index in [1.54, 1.807) is 0 Å².